The molecule has 0 aromatic carbocycles. The molecule has 0 saturated heterocycles. The third-order valence-corrected chi connectivity index (χ3v) is 4.20. The van der Waals surface area contributed by atoms with Crippen LogP contribution in [0.4, 0.5) is 0 Å². The fourth-order valence-electron chi connectivity index (χ4n) is 2.33. The SMILES string of the molecule is C=C(C)C(=O)OCCNC=O.CNCCNC(=O)C(C)(CC(C)C)C(C)C. The van der Waals surface area contributed by atoms with Gasteiger partial charge in [-0.2, -0.15) is 0 Å². The summed E-state index contributed by atoms with van der Waals surface area (Å²) in [7, 11) is 1.89. The number of esters is 1. The molecule has 0 aliphatic rings. The monoisotopic (exact) mass is 385 g/mol. The maximum Gasteiger partial charge on any atom is 0.333 e. The number of hydrogen-bond donors (Lipinski definition) is 3. The van der Waals surface area contributed by atoms with Gasteiger partial charge in [-0.3, -0.25) is 9.59 Å². The fraction of sp³-hybridized carbons (Fsp3) is 0.750. The van der Waals surface area contributed by atoms with Gasteiger partial charge in [0.15, 0.2) is 0 Å². The number of hydrogen-bond acceptors (Lipinski definition) is 5. The van der Waals surface area contributed by atoms with Gasteiger partial charge in [-0.1, -0.05) is 41.2 Å². The zero-order chi connectivity index (χ0) is 21.5. The molecule has 1 unspecified atom stereocenters. The van der Waals surface area contributed by atoms with Gasteiger partial charge in [0.1, 0.15) is 6.61 Å². The first-order valence-electron chi connectivity index (χ1n) is 9.45. The van der Waals surface area contributed by atoms with Crippen LogP contribution < -0.4 is 16.0 Å². The summed E-state index contributed by atoms with van der Waals surface area (Å²) in [5.41, 5.74) is 0.109. The highest BCUT2D eigenvalue weighted by atomic mass is 16.5. The maximum atomic E-state index is 12.2. The Bertz CT molecular complexity index is 464. The van der Waals surface area contributed by atoms with E-state index in [1.165, 1.54) is 0 Å². The second kappa shape index (κ2) is 15.2. The molecule has 0 bridgehead atoms. The van der Waals surface area contributed by atoms with Gasteiger partial charge in [-0.25, -0.2) is 4.79 Å². The van der Waals surface area contributed by atoms with E-state index in [2.05, 4.69) is 61.9 Å². The Morgan fingerprint density at radius 1 is 1.15 bits per heavy atom. The summed E-state index contributed by atoms with van der Waals surface area (Å²) in [6.07, 6.45) is 1.49. The molecule has 0 aromatic heterocycles. The first kappa shape index (κ1) is 27.3. The highest BCUT2D eigenvalue weighted by Gasteiger charge is 2.36. The van der Waals surface area contributed by atoms with Crippen LogP contribution in [0.25, 0.3) is 0 Å². The largest absolute Gasteiger partial charge is 0.460 e. The van der Waals surface area contributed by atoms with Crippen molar-refractivity contribution in [2.45, 2.75) is 48.0 Å². The molecular formula is C20H39N3O4. The van der Waals surface area contributed by atoms with Crippen molar-refractivity contribution in [3.63, 3.8) is 0 Å². The number of nitrogens with one attached hydrogen (secondary N) is 3. The van der Waals surface area contributed by atoms with Crippen LogP contribution in [0.1, 0.15) is 48.0 Å². The van der Waals surface area contributed by atoms with Crippen molar-refractivity contribution in [2.24, 2.45) is 17.3 Å². The molecule has 0 radical (unpaired) electrons. The van der Waals surface area contributed by atoms with Gasteiger partial charge in [0.25, 0.3) is 0 Å². The second-order valence-electron chi connectivity index (χ2n) is 7.52. The van der Waals surface area contributed by atoms with Crippen molar-refractivity contribution in [1.29, 1.82) is 0 Å². The zero-order valence-corrected chi connectivity index (χ0v) is 18.1. The molecule has 27 heavy (non-hydrogen) atoms. The van der Waals surface area contributed by atoms with E-state index >= 15 is 0 Å². The van der Waals surface area contributed by atoms with E-state index in [1.54, 1.807) is 6.92 Å². The fourth-order valence-corrected chi connectivity index (χ4v) is 2.33. The van der Waals surface area contributed by atoms with Crippen LogP contribution in [0.2, 0.25) is 0 Å². The number of amides is 2. The lowest BCUT2D eigenvalue weighted by molar-refractivity contribution is -0.139. The van der Waals surface area contributed by atoms with Gasteiger partial charge in [-0.15, -0.1) is 0 Å². The summed E-state index contributed by atoms with van der Waals surface area (Å²) < 4.78 is 4.65. The zero-order valence-electron chi connectivity index (χ0n) is 18.1. The van der Waals surface area contributed by atoms with Crippen molar-refractivity contribution >= 4 is 18.3 Å². The van der Waals surface area contributed by atoms with Crippen LogP contribution in [-0.4, -0.2) is 51.6 Å². The van der Waals surface area contributed by atoms with Gasteiger partial charge >= 0.3 is 5.97 Å². The van der Waals surface area contributed by atoms with E-state index in [4.69, 9.17) is 0 Å². The van der Waals surface area contributed by atoms with Crippen LogP contribution >= 0.6 is 0 Å². The number of ether oxygens (including phenoxy) is 1. The van der Waals surface area contributed by atoms with Crippen LogP contribution in [0, 0.1) is 17.3 Å². The standard InChI is InChI=1S/C13H28N2O.C7H11NO3/c1-10(2)9-13(5,11(3)4)12(16)15-8-7-14-6;1-6(2)7(10)11-4-3-8-5-9/h10-11,14H,7-9H2,1-6H3,(H,15,16);5H,1,3-4H2,2H3,(H,8,9). The Hall–Kier alpha value is -1.89. The average Bonchev–Trinajstić information content (AvgIpc) is 2.58. The summed E-state index contributed by atoms with van der Waals surface area (Å²) in [6, 6.07) is 0. The lowest BCUT2D eigenvalue weighted by Crippen LogP contribution is -2.45. The predicted molar refractivity (Wildman–Crippen MR) is 109 cm³/mol. The quantitative estimate of drug-likeness (QED) is 0.206. The summed E-state index contributed by atoms with van der Waals surface area (Å²) in [5, 5.41) is 8.39. The molecule has 0 aliphatic heterocycles. The second-order valence-corrected chi connectivity index (χ2v) is 7.52. The Kier molecular flexibility index (Phi) is 15.4. The number of carbonyl (C=O) groups is 3. The highest BCUT2D eigenvalue weighted by molar-refractivity contribution is 5.86. The minimum atomic E-state index is -0.433. The van der Waals surface area contributed by atoms with E-state index in [0.717, 1.165) is 13.0 Å². The Labute approximate surface area is 164 Å². The molecule has 0 aliphatic carbocycles. The van der Waals surface area contributed by atoms with Crippen molar-refractivity contribution in [1.82, 2.24) is 16.0 Å². The molecule has 0 fully saturated rings. The third-order valence-electron chi connectivity index (χ3n) is 4.20. The molecule has 2 amide bonds. The van der Waals surface area contributed by atoms with Crippen LogP contribution in [0.3, 0.4) is 0 Å². The van der Waals surface area contributed by atoms with E-state index in [9.17, 15) is 14.4 Å². The summed E-state index contributed by atoms with van der Waals surface area (Å²) in [4.78, 5) is 32.6. The molecule has 0 rings (SSSR count). The molecule has 3 N–H and O–H groups in total. The van der Waals surface area contributed by atoms with Crippen LogP contribution in [0.5, 0.6) is 0 Å². The Morgan fingerprint density at radius 2 is 1.74 bits per heavy atom. The molecule has 158 valence electrons. The molecule has 7 nitrogen and oxygen atoms in total. The lowest BCUT2D eigenvalue weighted by atomic mass is 9.72. The highest BCUT2D eigenvalue weighted by Crippen LogP contribution is 2.34. The van der Waals surface area contributed by atoms with Gasteiger partial charge in [-0.05, 0) is 32.2 Å². The normalized spacial score (nSPS) is 12.5. The van der Waals surface area contributed by atoms with Gasteiger partial charge < -0.3 is 20.7 Å². The van der Waals surface area contributed by atoms with Crippen LogP contribution in [-0.2, 0) is 19.1 Å². The van der Waals surface area contributed by atoms with Gasteiger partial charge in [0, 0.05) is 24.1 Å². The smallest absolute Gasteiger partial charge is 0.333 e. The number of likely N-dealkylation sites (N-methyl/N-ethyl adjacent to an activating group) is 1. The van der Waals surface area contributed by atoms with Crippen molar-refractivity contribution < 1.29 is 19.1 Å². The number of carbonyl (C=O) groups excluding carboxylic acids is 3. The summed E-state index contributed by atoms with van der Waals surface area (Å²) in [6.45, 7) is 17.7. The minimum Gasteiger partial charge on any atom is -0.460 e. The molecule has 0 aromatic rings. The van der Waals surface area contributed by atoms with Gasteiger partial charge in [0.05, 0.1) is 6.54 Å². The van der Waals surface area contributed by atoms with Gasteiger partial charge in [0.2, 0.25) is 12.3 Å². The average molecular weight is 386 g/mol. The van der Waals surface area contributed by atoms with Crippen molar-refractivity contribution in [2.75, 3.05) is 33.3 Å². The number of rotatable bonds is 12. The molecule has 0 heterocycles. The van der Waals surface area contributed by atoms with Crippen molar-refractivity contribution in [3.8, 4) is 0 Å². The van der Waals surface area contributed by atoms with Crippen LogP contribution in [0.15, 0.2) is 12.2 Å². The summed E-state index contributed by atoms with van der Waals surface area (Å²) in [5.74, 6) is 0.663. The first-order valence-corrected chi connectivity index (χ1v) is 9.45. The topological polar surface area (TPSA) is 96.5 Å². The molecule has 0 saturated carbocycles. The van der Waals surface area contributed by atoms with E-state index in [0.29, 0.717) is 36.9 Å². The third kappa shape index (κ3) is 13.0. The van der Waals surface area contributed by atoms with E-state index < -0.39 is 5.97 Å². The van der Waals surface area contributed by atoms with Crippen molar-refractivity contribution in [3.05, 3.63) is 12.2 Å². The summed E-state index contributed by atoms with van der Waals surface area (Å²) >= 11 is 0. The Balaban J connectivity index is 0. The predicted octanol–water partition coefficient (Wildman–Crippen LogP) is 1.88. The first-order chi connectivity index (χ1) is 12.5. The molecular weight excluding hydrogens is 346 g/mol. The lowest BCUT2D eigenvalue weighted by Gasteiger charge is -2.34. The minimum absolute atomic E-state index is 0.185. The Morgan fingerprint density at radius 3 is 2.15 bits per heavy atom. The maximum absolute atomic E-state index is 12.2. The van der Waals surface area contributed by atoms with E-state index in [-0.39, 0.29) is 17.9 Å². The molecule has 0 spiro atoms. The van der Waals surface area contributed by atoms with E-state index in [1.807, 2.05) is 7.05 Å². The molecule has 7 heteroatoms. The molecule has 1 atom stereocenters.